The number of amides is 1. The van der Waals surface area contributed by atoms with E-state index in [1.54, 1.807) is 4.90 Å². The average molecular weight is 276 g/mol. The van der Waals surface area contributed by atoms with Gasteiger partial charge in [-0.2, -0.15) is 0 Å². The molecule has 3 nitrogen and oxygen atoms in total. The minimum atomic E-state index is -0.416. The van der Waals surface area contributed by atoms with E-state index in [9.17, 15) is 4.79 Å². The first-order valence-electron chi connectivity index (χ1n) is 7.56. The number of nitrogens with zero attached hydrogens (tertiary/aromatic N) is 1. The van der Waals surface area contributed by atoms with Gasteiger partial charge in [0.25, 0.3) is 0 Å². The lowest BCUT2D eigenvalue weighted by Crippen LogP contribution is -2.47. The van der Waals surface area contributed by atoms with Crippen LogP contribution in [0.15, 0.2) is 24.3 Å². The Morgan fingerprint density at radius 3 is 2.20 bits per heavy atom. The second kappa shape index (κ2) is 7.44. The zero-order valence-electron chi connectivity index (χ0n) is 13.3. The highest BCUT2D eigenvalue weighted by Crippen LogP contribution is 2.33. The van der Waals surface area contributed by atoms with Gasteiger partial charge in [0.05, 0.1) is 5.41 Å². The maximum atomic E-state index is 13.0. The second-order valence-electron chi connectivity index (χ2n) is 5.64. The highest BCUT2D eigenvalue weighted by Gasteiger charge is 2.37. The number of anilines is 1. The monoisotopic (exact) mass is 276 g/mol. The summed E-state index contributed by atoms with van der Waals surface area (Å²) >= 11 is 0. The third kappa shape index (κ3) is 3.40. The van der Waals surface area contributed by atoms with Gasteiger partial charge >= 0.3 is 0 Å². The minimum absolute atomic E-state index is 0.151. The molecule has 1 rings (SSSR count). The van der Waals surface area contributed by atoms with E-state index < -0.39 is 5.41 Å². The van der Waals surface area contributed by atoms with Gasteiger partial charge in [0.15, 0.2) is 0 Å². The number of para-hydroxylation sites is 1. The first-order valence-corrected chi connectivity index (χ1v) is 7.56. The van der Waals surface area contributed by atoms with Crippen LogP contribution in [-0.4, -0.2) is 19.5 Å². The van der Waals surface area contributed by atoms with Crippen molar-refractivity contribution >= 4 is 11.6 Å². The highest BCUT2D eigenvalue weighted by molar-refractivity contribution is 5.97. The summed E-state index contributed by atoms with van der Waals surface area (Å²) in [6.07, 6.45) is 3.66. The van der Waals surface area contributed by atoms with Crippen LogP contribution in [0.3, 0.4) is 0 Å². The molecule has 2 N–H and O–H groups in total. The van der Waals surface area contributed by atoms with Crippen LogP contribution in [0, 0.1) is 12.3 Å². The van der Waals surface area contributed by atoms with Crippen LogP contribution in [0.4, 0.5) is 5.69 Å². The number of hydrogen-bond acceptors (Lipinski definition) is 2. The normalized spacial score (nSPS) is 11.4. The fraction of sp³-hybridized carbons (Fsp3) is 0.588. The first kappa shape index (κ1) is 16.7. The topological polar surface area (TPSA) is 46.3 Å². The Balaban J connectivity index is 3.08. The first-order chi connectivity index (χ1) is 9.52. The molecule has 0 saturated heterocycles. The van der Waals surface area contributed by atoms with Gasteiger partial charge in [0.2, 0.25) is 5.91 Å². The molecule has 20 heavy (non-hydrogen) atoms. The van der Waals surface area contributed by atoms with Crippen molar-refractivity contribution in [2.24, 2.45) is 11.1 Å². The molecule has 0 spiro atoms. The fourth-order valence-corrected chi connectivity index (χ4v) is 2.99. The van der Waals surface area contributed by atoms with E-state index >= 15 is 0 Å². The molecule has 112 valence electrons. The average Bonchev–Trinajstić information content (AvgIpc) is 2.46. The van der Waals surface area contributed by atoms with Gasteiger partial charge < -0.3 is 10.6 Å². The van der Waals surface area contributed by atoms with Gasteiger partial charge in [-0.3, -0.25) is 4.79 Å². The number of nitrogens with two attached hydrogens (primary N) is 1. The number of aryl methyl sites for hydroxylation is 1. The minimum Gasteiger partial charge on any atom is -0.329 e. The number of carbonyl (C=O) groups excluding carboxylic acids is 1. The SMILES string of the molecule is CCCC(CN)(CCC)C(=O)N(C)c1ccccc1C. The van der Waals surface area contributed by atoms with Crippen molar-refractivity contribution < 1.29 is 4.79 Å². The summed E-state index contributed by atoms with van der Waals surface area (Å²) in [5.74, 6) is 0.151. The van der Waals surface area contributed by atoms with Crippen molar-refractivity contribution in [2.45, 2.75) is 46.5 Å². The summed E-state index contributed by atoms with van der Waals surface area (Å²) in [6.45, 7) is 6.68. The lowest BCUT2D eigenvalue weighted by molar-refractivity contribution is -0.128. The number of carbonyl (C=O) groups is 1. The molecule has 3 heteroatoms. The lowest BCUT2D eigenvalue weighted by atomic mass is 9.78. The van der Waals surface area contributed by atoms with Gasteiger partial charge in [0, 0.05) is 19.3 Å². The third-order valence-corrected chi connectivity index (χ3v) is 4.08. The Kier molecular flexibility index (Phi) is 6.21. The van der Waals surface area contributed by atoms with Crippen LogP contribution < -0.4 is 10.6 Å². The Morgan fingerprint density at radius 1 is 1.20 bits per heavy atom. The predicted octanol–water partition coefficient (Wildman–Crippen LogP) is 3.50. The zero-order chi connectivity index (χ0) is 15.2. The van der Waals surface area contributed by atoms with E-state index in [-0.39, 0.29) is 5.91 Å². The van der Waals surface area contributed by atoms with E-state index in [0.29, 0.717) is 6.54 Å². The van der Waals surface area contributed by atoms with E-state index in [1.807, 2.05) is 38.2 Å². The lowest BCUT2D eigenvalue weighted by Gasteiger charge is -2.35. The van der Waals surface area contributed by atoms with Gasteiger partial charge in [-0.1, -0.05) is 44.9 Å². The molecular formula is C17H28N2O. The maximum absolute atomic E-state index is 13.0. The van der Waals surface area contributed by atoms with Crippen molar-refractivity contribution in [3.05, 3.63) is 29.8 Å². The van der Waals surface area contributed by atoms with Crippen molar-refractivity contribution in [3.8, 4) is 0 Å². The Labute approximate surface area is 123 Å². The molecule has 0 aromatic heterocycles. The highest BCUT2D eigenvalue weighted by atomic mass is 16.2. The summed E-state index contributed by atoms with van der Waals surface area (Å²) in [7, 11) is 1.86. The quantitative estimate of drug-likeness (QED) is 0.828. The second-order valence-corrected chi connectivity index (χ2v) is 5.64. The molecule has 1 aromatic carbocycles. The van der Waals surface area contributed by atoms with Crippen LogP contribution in [-0.2, 0) is 4.79 Å². The molecule has 0 aliphatic carbocycles. The molecule has 1 amide bonds. The summed E-state index contributed by atoms with van der Waals surface area (Å²) in [5, 5.41) is 0. The van der Waals surface area contributed by atoms with E-state index in [1.165, 1.54) is 0 Å². The summed E-state index contributed by atoms with van der Waals surface area (Å²) in [6, 6.07) is 7.98. The largest absolute Gasteiger partial charge is 0.329 e. The molecule has 0 aliphatic heterocycles. The summed E-state index contributed by atoms with van der Waals surface area (Å²) < 4.78 is 0. The molecule has 0 atom stereocenters. The molecule has 0 heterocycles. The number of rotatable bonds is 7. The summed E-state index contributed by atoms with van der Waals surface area (Å²) in [4.78, 5) is 14.8. The van der Waals surface area contributed by atoms with Gasteiger partial charge in [0.1, 0.15) is 0 Å². The predicted molar refractivity (Wildman–Crippen MR) is 85.9 cm³/mol. The Hall–Kier alpha value is -1.35. The van der Waals surface area contributed by atoms with Crippen LogP contribution in [0.25, 0.3) is 0 Å². The Bertz CT molecular complexity index is 436. The van der Waals surface area contributed by atoms with Crippen molar-refractivity contribution in [1.82, 2.24) is 0 Å². The standard InChI is InChI=1S/C17H28N2O/c1-5-11-17(13-18,12-6-2)16(20)19(4)15-10-8-7-9-14(15)3/h7-10H,5-6,11-13,18H2,1-4H3. The molecule has 0 unspecified atom stereocenters. The van der Waals surface area contributed by atoms with Crippen molar-refractivity contribution in [2.75, 3.05) is 18.5 Å². The fourth-order valence-electron chi connectivity index (χ4n) is 2.99. The molecule has 1 aromatic rings. The molecule has 0 bridgehead atoms. The number of hydrogen-bond donors (Lipinski definition) is 1. The molecule has 0 saturated carbocycles. The third-order valence-electron chi connectivity index (χ3n) is 4.08. The van der Waals surface area contributed by atoms with Gasteiger partial charge in [-0.05, 0) is 31.4 Å². The number of benzene rings is 1. The van der Waals surface area contributed by atoms with E-state index in [2.05, 4.69) is 13.8 Å². The van der Waals surface area contributed by atoms with Crippen LogP contribution in [0.5, 0.6) is 0 Å². The van der Waals surface area contributed by atoms with Crippen LogP contribution >= 0.6 is 0 Å². The molecule has 0 aliphatic rings. The molecule has 0 radical (unpaired) electrons. The molecular weight excluding hydrogens is 248 g/mol. The van der Waals surface area contributed by atoms with Crippen molar-refractivity contribution in [3.63, 3.8) is 0 Å². The zero-order valence-corrected chi connectivity index (χ0v) is 13.3. The molecule has 0 fully saturated rings. The van der Waals surface area contributed by atoms with E-state index in [0.717, 1.165) is 36.9 Å². The van der Waals surface area contributed by atoms with Crippen LogP contribution in [0.2, 0.25) is 0 Å². The smallest absolute Gasteiger partial charge is 0.234 e. The van der Waals surface area contributed by atoms with Crippen LogP contribution in [0.1, 0.15) is 45.1 Å². The summed E-state index contributed by atoms with van der Waals surface area (Å²) in [5.41, 5.74) is 7.66. The maximum Gasteiger partial charge on any atom is 0.234 e. The van der Waals surface area contributed by atoms with Gasteiger partial charge in [-0.25, -0.2) is 0 Å². The van der Waals surface area contributed by atoms with Crippen molar-refractivity contribution in [1.29, 1.82) is 0 Å². The van der Waals surface area contributed by atoms with Gasteiger partial charge in [-0.15, -0.1) is 0 Å². The van der Waals surface area contributed by atoms with E-state index in [4.69, 9.17) is 5.73 Å². The Morgan fingerprint density at radius 2 is 1.75 bits per heavy atom.